The molecule has 0 saturated heterocycles. The number of carbonyl (C=O) groups is 4. The predicted molar refractivity (Wildman–Crippen MR) is 118 cm³/mol. The minimum Gasteiger partial charge on any atom is -0.480 e. The molecule has 0 heterocycles. The Morgan fingerprint density at radius 3 is 1.76 bits per heavy atom. The standard InChI is InChI=1S/C18H34N4O5S2/c1-9(2)13(16(24)20-12(18(26)27)6-7-29-5)22-17(25)14(10(3)4)21-15(23)11(19)8-28/h9-14,28H,6-8,19H2,1-5H3,(H,20,24)(H,21,23)(H,22,25)(H,26,27). The van der Waals surface area contributed by atoms with Gasteiger partial charge in [-0.05, 0) is 30.3 Å². The molecule has 6 N–H and O–H groups in total. The molecule has 0 fully saturated rings. The molecule has 0 saturated carbocycles. The van der Waals surface area contributed by atoms with Crippen LogP contribution in [0.1, 0.15) is 34.1 Å². The zero-order valence-electron chi connectivity index (χ0n) is 17.6. The van der Waals surface area contributed by atoms with E-state index in [0.29, 0.717) is 5.75 Å². The Hall–Kier alpha value is -1.46. The molecule has 0 radical (unpaired) electrons. The van der Waals surface area contributed by atoms with Crippen LogP contribution in [0.2, 0.25) is 0 Å². The number of hydrogen-bond acceptors (Lipinski definition) is 7. The number of amides is 3. The topological polar surface area (TPSA) is 151 Å². The molecule has 3 amide bonds. The normalized spacial score (nSPS) is 15.3. The zero-order chi connectivity index (χ0) is 22.7. The van der Waals surface area contributed by atoms with Gasteiger partial charge >= 0.3 is 5.97 Å². The Labute approximate surface area is 182 Å². The van der Waals surface area contributed by atoms with Gasteiger partial charge in [0.2, 0.25) is 17.7 Å². The average Bonchev–Trinajstić information content (AvgIpc) is 2.65. The highest BCUT2D eigenvalue weighted by atomic mass is 32.2. The lowest BCUT2D eigenvalue weighted by Crippen LogP contribution is -2.59. The minimum atomic E-state index is -1.13. The summed E-state index contributed by atoms with van der Waals surface area (Å²) in [6.45, 7) is 6.98. The van der Waals surface area contributed by atoms with Gasteiger partial charge in [-0.3, -0.25) is 14.4 Å². The number of thiol groups is 1. The Kier molecular flexibility index (Phi) is 13.0. The number of carbonyl (C=O) groups excluding carboxylic acids is 3. The van der Waals surface area contributed by atoms with Gasteiger partial charge in [-0.25, -0.2) is 4.79 Å². The molecule has 0 aromatic carbocycles. The van der Waals surface area contributed by atoms with Crippen molar-refractivity contribution in [3.63, 3.8) is 0 Å². The summed E-state index contributed by atoms with van der Waals surface area (Å²) in [5.74, 6) is -2.61. The Morgan fingerprint density at radius 2 is 1.38 bits per heavy atom. The van der Waals surface area contributed by atoms with Crippen LogP contribution in [0.15, 0.2) is 0 Å². The predicted octanol–water partition coefficient (Wildman–Crippen LogP) is -0.152. The van der Waals surface area contributed by atoms with Crippen LogP contribution in [0.3, 0.4) is 0 Å². The van der Waals surface area contributed by atoms with Crippen LogP contribution in [0.5, 0.6) is 0 Å². The lowest BCUT2D eigenvalue weighted by molar-refractivity contribution is -0.142. The summed E-state index contributed by atoms with van der Waals surface area (Å²) in [5, 5.41) is 17.0. The number of rotatable bonds is 13. The number of aliphatic carboxylic acids is 1. The van der Waals surface area contributed by atoms with Crippen molar-refractivity contribution in [3.05, 3.63) is 0 Å². The fourth-order valence-electron chi connectivity index (χ4n) is 2.41. The van der Waals surface area contributed by atoms with E-state index in [1.165, 1.54) is 11.8 Å². The number of carboxylic acids is 1. The van der Waals surface area contributed by atoms with Crippen LogP contribution in [-0.4, -0.2) is 70.7 Å². The fraction of sp³-hybridized carbons (Fsp3) is 0.778. The quantitative estimate of drug-likeness (QED) is 0.214. The average molecular weight is 451 g/mol. The van der Waals surface area contributed by atoms with E-state index in [9.17, 15) is 24.3 Å². The molecule has 0 spiro atoms. The second kappa shape index (κ2) is 13.7. The van der Waals surface area contributed by atoms with Gasteiger partial charge in [0.1, 0.15) is 18.1 Å². The number of nitrogens with two attached hydrogens (primary N) is 1. The summed E-state index contributed by atoms with van der Waals surface area (Å²) in [5.41, 5.74) is 5.64. The molecule has 0 aliphatic heterocycles. The van der Waals surface area contributed by atoms with Crippen LogP contribution in [0, 0.1) is 11.8 Å². The van der Waals surface area contributed by atoms with Gasteiger partial charge in [0.05, 0.1) is 6.04 Å². The molecule has 0 aliphatic carbocycles. The van der Waals surface area contributed by atoms with Crippen molar-refractivity contribution in [2.45, 2.75) is 58.3 Å². The molecular weight excluding hydrogens is 416 g/mol. The molecule has 0 aromatic rings. The molecular formula is C18H34N4O5S2. The van der Waals surface area contributed by atoms with Crippen molar-refractivity contribution in [3.8, 4) is 0 Å². The molecule has 4 unspecified atom stereocenters. The highest BCUT2D eigenvalue weighted by Crippen LogP contribution is 2.08. The van der Waals surface area contributed by atoms with E-state index in [1.54, 1.807) is 27.7 Å². The summed E-state index contributed by atoms with van der Waals surface area (Å²) in [4.78, 5) is 48.9. The Morgan fingerprint density at radius 1 is 0.931 bits per heavy atom. The number of nitrogens with one attached hydrogen (secondary N) is 3. The molecule has 4 atom stereocenters. The van der Waals surface area contributed by atoms with Crippen LogP contribution in [-0.2, 0) is 19.2 Å². The maximum absolute atomic E-state index is 12.8. The van der Waals surface area contributed by atoms with E-state index in [-0.39, 0.29) is 24.0 Å². The SMILES string of the molecule is CSCCC(NC(=O)C(NC(=O)C(NC(=O)C(N)CS)C(C)C)C(C)C)C(=O)O. The highest BCUT2D eigenvalue weighted by Gasteiger charge is 2.32. The Bertz CT molecular complexity index is 574. The maximum atomic E-state index is 12.8. The van der Waals surface area contributed by atoms with Gasteiger partial charge in [-0.1, -0.05) is 27.7 Å². The molecule has 168 valence electrons. The van der Waals surface area contributed by atoms with Crippen molar-refractivity contribution in [1.29, 1.82) is 0 Å². The van der Waals surface area contributed by atoms with Gasteiger partial charge in [-0.15, -0.1) is 0 Å². The number of hydrogen-bond donors (Lipinski definition) is 6. The molecule has 11 heteroatoms. The summed E-state index contributed by atoms with van der Waals surface area (Å²) in [6, 6.07) is -3.74. The first-order chi connectivity index (χ1) is 13.5. The first kappa shape index (κ1) is 27.5. The maximum Gasteiger partial charge on any atom is 0.326 e. The molecule has 0 aromatic heterocycles. The van der Waals surface area contributed by atoms with Crippen molar-refractivity contribution >= 4 is 48.1 Å². The largest absolute Gasteiger partial charge is 0.480 e. The van der Waals surface area contributed by atoms with Crippen molar-refractivity contribution in [2.24, 2.45) is 17.6 Å². The molecule has 29 heavy (non-hydrogen) atoms. The van der Waals surface area contributed by atoms with E-state index >= 15 is 0 Å². The van der Waals surface area contributed by atoms with E-state index < -0.39 is 47.9 Å². The van der Waals surface area contributed by atoms with Crippen LogP contribution in [0.25, 0.3) is 0 Å². The fourth-order valence-corrected chi connectivity index (χ4v) is 3.05. The Balaban J connectivity index is 5.27. The second-order valence-electron chi connectivity index (χ2n) is 7.43. The lowest BCUT2D eigenvalue weighted by atomic mass is 9.99. The van der Waals surface area contributed by atoms with Crippen LogP contribution < -0.4 is 21.7 Å². The smallest absolute Gasteiger partial charge is 0.326 e. The summed E-state index contributed by atoms with van der Waals surface area (Å²) in [6.07, 6.45) is 2.12. The first-order valence-electron chi connectivity index (χ1n) is 9.45. The molecule has 0 rings (SSSR count). The monoisotopic (exact) mass is 450 g/mol. The van der Waals surface area contributed by atoms with Gasteiger partial charge in [0, 0.05) is 5.75 Å². The number of thioether (sulfide) groups is 1. The van der Waals surface area contributed by atoms with Crippen LogP contribution >= 0.6 is 24.4 Å². The van der Waals surface area contributed by atoms with Gasteiger partial charge in [0.25, 0.3) is 0 Å². The first-order valence-corrected chi connectivity index (χ1v) is 11.5. The zero-order valence-corrected chi connectivity index (χ0v) is 19.3. The highest BCUT2D eigenvalue weighted by molar-refractivity contribution is 7.98. The van der Waals surface area contributed by atoms with Gasteiger partial charge < -0.3 is 26.8 Å². The molecule has 0 aliphatic rings. The van der Waals surface area contributed by atoms with E-state index in [4.69, 9.17) is 5.73 Å². The molecule has 9 nitrogen and oxygen atoms in total. The molecule has 0 bridgehead atoms. The second-order valence-corrected chi connectivity index (χ2v) is 8.78. The van der Waals surface area contributed by atoms with Crippen molar-refractivity contribution in [2.75, 3.05) is 17.8 Å². The van der Waals surface area contributed by atoms with Crippen molar-refractivity contribution in [1.82, 2.24) is 16.0 Å². The summed E-state index contributed by atoms with van der Waals surface area (Å²) < 4.78 is 0. The third kappa shape index (κ3) is 9.72. The van der Waals surface area contributed by atoms with E-state index in [2.05, 4.69) is 28.6 Å². The third-order valence-electron chi connectivity index (χ3n) is 4.25. The van der Waals surface area contributed by atoms with E-state index in [1.807, 2.05) is 6.26 Å². The number of carboxylic acid groups (broad SMARTS) is 1. The summed E-state index contributed by atoms with van der Waals surface area (Å²) in [7, 11) is 0. The lowest BCUT2D eigenvalue weighted by Gasteiger charge is -2.28. The van der Waals surface area contributed by atoms with E-state index in [0.717, 1.165) is 0 Å². The van der Waals surface area contributed by atoms with Gasteiger partial charge in [0.15, 0.2) is 0 Å². The third-order valence-corrected chi connectivity index (χ3v) is 5.29. The van der Waals surface area contributed by atoms with Crippen LogP contribution in [0.4, 0.5) is 0 Å². The van der Waals surface area contributed by atoms with Gasteiger partial charge in [-0.2, -0.15) is 24.4 Å². The summed E-state index contributed by atoms with van der Waals surface area (Å²) >= 11 is 5.45. The van der Waals surface area contributed by atoms with Crippen molar-refractivity contribution < 1.29 is 24.3 Å². The minimum absolute atomic E-state index is 0.127.